The topological polar surface area (TPSA) is 74.8 Å². The van der Waals surface area contributed by atoms with Gasteiger partial charge in [-0.1, -0.05) is 0 Å². The van der Waals surface area contributed by atoms with Gasteiger partial charge < -0.3 is 24.0 Å². The average Bonchev–Trinajstić information content (AvgIpc) is 2.92. The standard InChI is InChI=1S/C23H43ClN4O5/c1-20(2)18(29)26(22(5,6)25(20)9)10-12-31-14-16-33-17-15-32-13-11-27-19(30)21(3,4)28(24)23(27,7)8/h10-17H2,1-9H3. The molecule has 9 nitrogen and oxygen atoms in total. The van der Waals surface area contributed by atoms with Gasteiger partial charge in [-0.05, 0) is 74.2 Å². The van der Waals surface area contributed by atoms with Crippen molar-refractivity contribution in [1.82, 2.24) is 19.1 Å². The largest absolute Gasteiger partial charge is 0.377 e. The first kappa shape index (κ1) is 28.3. The van der Waals surface area contributed by atoms with Gasteiger partial charge in [-0.2, -0.15) is 4.42 Å². The molecule has 0 atom stereocenters. The maximum Gasteiger partial charge on any atom is 0.245 e. The lowest BCUT2D eigenvalue weighted by molar-refractivity contribution is -0.135. The third-order valence-corrected chi connectivity index (χ3v) is 7.99. The second-order valence-corrected chi connectivity index (χ2v) is 11.0. The van der Waals surface area contributed by atoms with E-state index in [9.17, 15) is 9.59 Å². The van der Waals surface area contributed by atoms with Crippen molar-refractivity contribution in [2.45, 2.75) is 77.8 Å². The van der Waals surface area contributed by atoms with E-state index in [2.05, 4.69) is 18.7 Å². The van der Waals surface area contributed by atoms with E-state index in [4.69, 9.17) is 26.0 Å². The van der Waals surface area contributed by atoms with Crippen LogP contribution in [0.1, 0.15) is 55.4 Å². The zero-order valence-corrected chi connectivity index (χ0v) is 22.6. The Morgan fingerprint density at radius 3 is 1.33 bits per heavy atom. The van der Waals surface area contributed by atoms with Crippen molar-refractivity contribution in [3.8, 4) is 0 Å². The summed E-state index contributed by atoms with van der Waals surface area (Å²) in [5.41, 5.74) is -2.16. The Balaban J connectivity index is 1.55. The minimum Gasteiger partial charge on any atom is -0.377 e. The van der Waals surface area contributed by atoms with Crippen LogP contribution < -0.4 is 0 Å². The molecule has 0 aromatic rings. The van der Waals surface area contributed by atoms with Crippen molar-refractivity contribution in [3.05, 3.63) is 0 Å². The van der Waals surface area contributed by atoms with E-state index in [0.29, 0.717) is 52.7 Å². The second-order valence-electron chi connectivity index (χ2n) is 10.7. The lowest BCUT2D eigenvalue weighted by atomic mass is 10.0. The van der Waals surface area contributed by atoms with E-state index in [1.54, 1.807) is 9.32 Å². The molecule has 10 heteroatoms. The number of hydrogen-bond donors (Lipinski definition) is 0. The number of nitrogens with zero attached hydrogens (tertiary/aromatic N) is 4. The van der Waals surface area contributed by atoms with E-state index in [-0.39, 0.29) is 17.5 Å². The number of amides is 2. The second kappa shape index (κ2) is 10.3. The molecule has 2 aliphatic heterocycles. The van der Waals surface area contributed by atoms with Gasteiger partial charge in [-0.15, -0.1) is 0 Å². The van der Waals surface area contributed by atoms with Gasteiger partial charge >= 0.3 is 0 Å². The quantitative estimate of drug-likeness (QED) is 0.306. The molecule has 2 amide bonds. The lowest BCUT2D eigenvalue weighted by Crippen LogP contribution is -2.50. The Hall–Kier alpha value is -0.970. The van der Waals surface area contributed by atoms with Crippen LogP contribution in [0.2, 0.25) is 0 Å². The summed E-state index contributed by atoms with van der Waals surface area (Å²) in [5.74, 6) is 0.113. The van der Waals surface area contributed by atoms with Gasteiger partial charge in [0.1, 0.15) is 11.2 Å². The summed E-state index contributed by atoms with van der Waals surface area (Å²) >= 11 is 6.37. The maximum absolute atomic E-state index is 12.7. The smallest absolute Gasteiger partial charge is 0.245 e. The summed E-state index contributed by atoms with van der Waals surface area (Å²) in [4.78, 5) is 31.0. The first-order valence-corrected chi connectivity index (χ1v) is 12.0. The molecular weight excluding hydrogens is 448 g/mol. The molecule has 2 rings (SSSR count). The molecule has 0 aliphatic carbocycles. The van der Waals surface area contributed by atoms with Crippen LogP contribution in [0.5, 0.6) is 0 Å². The molecule has 2 aliphatic rings. The normalized spacial score (nSPS) is 24.3. The zero-order chi connectivity index (χ0) is 25.2. The zero-order valence-electron chi connectivity index (χ0n) is 21.9. The Morgan fingerprint density at radius 2 is 1.00 bits per heavy atom. The third kappa shape index (κ3) is 5.49. The minimum atomic E-state index is -0.738. The summed E-state index contributed by atoms with van der Waals surface area (Å²) in [6.45, 7) is 19.2. The Bertz CT molecular complexity index is 655. The first-order chi connectivity index (χ1) is 15.1. The number of likely N-dealkylation sites (N-methyl/N-ethyl adjacent to an activating group) is 1. The fraction of sp³-hybridized carbons (Fsp3) is 0.913. The van der Waals surface area contributed by atoms with Crippen LogP contribution in [-0.4, -0.2) is 113 Å². The Morgan fingerprint density at radius 1 is 0.636 bits per heavy atom. The van der Waals surface area contributed by atoms with Crippen LogP contribution >= 0.6 is 11.8 Å². The maximum atomic E-state index is 12.7. The summed E-state index contributed by atoms with van der Waals surface area (Å²) in [6, 6.07) is 0. The number of rotatable bonds is 12. The Labute approximate surface area is 204 Å². The fourth-order valence-corrected chi connectivity index (χ4v) is 4.81. The molecule has 0 saturated carbocycles. The van der Waals surface area contributed by atoms with E-state index in [1.807, 2.05) is 53.5 Å². The molecule has 0 bridgehead atoms. The predicted molar refractivity (Wildman–Crippen MR) is 128 cm³/mol. The molecule has 2 fully saturated rings. The van der Waals surface area contributed by atoms with E-state index in [0.717, 1.165) is 0 Å². The Kier molecular flexibility index (Phi) is 8.85. The number of carbonyl (C=O) groups excluding carboxylic acids is 2. The van der Waals surface area contributed by atoms with Gasteiger partial charge in [0.15, 0.2) is 0 Å². The van der Waals surface area contributed by atoms with E-state index < -0.39 is 16.7 Å². The minimum absolute atomic E-state index is 0.00581. The average molecular weight is 491 g/mol. The molecule has 0 aromatic carbocycles. The monoisotopic (exact) mass is 490 g/mol. The molecule has 33 heavy (non-hydrogen) atoms. The molecule has 0 N–H and O–H groups in total. The summed E-state index contributed by atoms with van der Waals surface area (Å²) in [7, 11) is 1.98. The predicted octanol–water partition coefficient (Wildman–Crippen LogP) is 2.14. The number of ether oxygens (including phenoxy) is 3. The van der Waals surface area contributed by atoms with Crippen molar-refractivity contribution in [3.63, 3.8) is 0 Å². The van der Waals surface area contributed by atoms with E-state index >= 15 is 0 Å². The molecular formula is C23H43ClN4O5. The van der Waals surface area contributed by atoms with Crippen molar-refractivity contribution >= 4 is 23.6 Å². The molecule has 192 valence electrons. The van der Waals surface area contributed by atoms with Gasteiger partial charge in [0.05, 0.1) is 50.8 Å². The van der Waals surface area contributed by atoms with Crippen molar-refractivity contribution in [2.24, 2.45) is 0 Å². The SMILES string of the molecule is CN1C(C)(C)C(=O)N(CCOCCOCCOCCN2C(=O)C(C)(C)N(Cl)C2(C)C)C1(C)C. The van der Waals surface area contributed by atoms with E-state index in [1.165, 1.54) is 0 Å². The van der Waals surface area contributed by atoms with Crippen LogP contribution in [0.4, 0.5) is 0 Å². The van der Waals surface area contributed by atoms with Gasteiger partial charge in [-0.25, -0.2) is 0 Å². The van der Waals surface area contributed by atoms with Gasteiger partial charge in [0, 0.05) is 13.1 Å². The van der Waals surface area contributed by atoms with Crippen LogP contribution in [0, 0.1) is 0 Å². The van der Waals surface area contributed by atoms with Crippen LogP contribution in [-0.2, 0) is 23.8 Å². The highest BCUT2D eigenvalue weighted by atomic mass is 35.5. The molecule has 0 spiro atoms. The van der Waals surface area contributed by atoms with Gasteiger partial charge in [0.2, 0.25) is 11.8 Å². The molecule has 0 aromatic heterocycles. The summed E-state index contributed by atoms with van der Waals surface area (Å²) in [6.07, 6.45) is 0. The molecule has 0 unspecified atom stereocenters. The molecule has 2 heterocycles. The van der Waals surface area contributed by atoms with Crippen LogP contribution in [0.25, 0.3) is 0 Å². The molecule has 0 radical (unpaired) electrons. The number of carbonyl (C=O) groups is 2. The van der Waals surface area contributed by atoms with Crippen molar-refractivity contribution < 1.29 is 23.8 Å². The highest BCUT2D eigenvalue weighted by Gasteiger charge is 2.56. The molecule has 2 saturated heterocycles. The highest BCUT2D eigenvalue weighted by molar-refractivity contribution is 6.17. The van der Waals surface area contributed by atoms with Crippen LogP contribution in [0.15, 0.2) is 0 Å². The fourth-order valence-electron chi connectivity index (χ4n) is 4.64. The summed E-state index contributed by atoms with van der Waals surface area (Å²) in [5, 5.41) is 0. The van der Waals surface area contributed by atoms with Crippen LogP contribution in [0.3, 0.4) is 0 Å². The third-order valence-electron chi connectivity index (χ3n) is 7.15. The van der Waals surface area contributed by atoms with Crippen molar-refractivity contribution in [1.29, 1.82) is 0 Å². The number of hydrogen-bond acceptors (Lipinski definition) is 7. The summed E-state index contributed by atoms with van der Waals surface area (Å²) < 4.78 is 18.4. The van der Waals surface area contributed by atoms with Gasteiger partial charge in [-0.3, -0.25) is 14.5 Å². The number of halogens is 1. The first-order valence-electron chi connectivity index (χ1n) is 11.7. The van der Waals surface area contributed by atoms with Gasteiger partial charge in [0.25, 0.3) is 0 Å². The van der Waals surface area contributed by atoms with Crippen molar-refractivity contribution in [2.75, 3.05) is 59.8 Å². The highest BCUT2D eigenvalue weighted by Crippen LogP contribution is 2.39. The lowest BCUT2D eigenvalue weighted by Gasteiger charge is -2.37.